The number of nitrogens with one attached hydrogen (secondary N) is 1. The second-order valence-electron chi connectivity index (χ2n) is 4.20. The van der Waals surface area contributed by atoms with Crippen LogP contribution in [0.1, 0.15) is 24.5 Å². The topological polar surface area (TPSA) is 28.7 Å². The van der Waals surface area contributed by atoms with Crippen molar-refractivity contribution in [3.63, 3.8) is 0 Å². The van der Waals surface area contributed by atoms with Crippen molar-refractivity contribution in [1.82, 2.24) is 10.2 Å². The maximum atomic E-state index is 13.6. The predicted molar refractivity (Wildman–Crippen MR) is 63.6 cm³/mol. The molecule has 1 aromatic heterocycles. The number of halogens is 3. The molecule has 5 heteroatoms. The zero-order valence-corrected chi connectivity index (χ0v) is 10.4. The van der Waals surface area contributed by atoms with Gasteiger partial charge in [0.2, 0.25) is 0 Å². The highest BCUT2D eigenvalue weighted by atomic mass is 79.9. The van der Waals surface area contributed by atoms with Crippen molar-refractivity contribution < 1.29 is 8.78 Å². The van der Waals surface area contributed by atoms with Crippen LogP contribution in [0.15, 0.2) is 22.7 Å². The van der Waals surface area contributed by atoms with Gasteiger partial charge in [0.15, 0.2) is 0 Å². The van der Waals surface area contributed by atoms with E-state index in [0.29, 0.717) is 11.6 Å². The molecule has 2 nitrogen and oxygen atoms in total. The molecular weight excluding hydrogens is 290 g/mol. The van der Waals surface area contributed by atoms with Crippen molar-refractivity contribution in [3.05, 3.63) is 40.0 Å². The maximum Gasteiger partial charge on any atom is 0.132 e. The van der Waals surface area contributed by atoms with Crippen molar-refractivity contribution in [2.75, 3.05) is 0 Å². The lowest BCUT2D eigenvalue weighted by Gasteiger charge is -2.00. The second-order valence-corrected chi connectivity index (χ2v) is 4.99. The van der Waals surface area contributed by atoms with E-state index >= 15 is 0 Å². The zero-order valence-electron chi connectivity index (χ0n) is 8.80. The van der Waals surface area contributed by atoms with Crippen LogP contribution in [0.5, 0.6) is 0 Å². The highest BCUT2D eigenvalue weighted by Gasteiger charge is 2.29. The first kappa shape index (κ1) is 10.9. The van der Waals surface area contributed by atoms with E-state index in [-0.39, 0.29) is 5.56 Å². The summed E-state index contributed by atoms with van der Waals surface area (Å²) in [6.07, 6.45) is 2.23. The fourth-order valence-corrected chi connectivity index (χ4v) is 2.56. The summed E-state index contributed by atoms with van der Waals surface area (Å²) in [5.41, 5.74) is 1.59. The number of benzene rings is 1. The lowest BCUT2D eigenvalue weighted by Crippen LogP contribution is -1.87. The van der Waals surface area contributed by atoms with Crippen LogP contribution < -0.4 is 0 Å². The van der Waals surface area contributed by atoms with Gasteiger partial charge in [0.05, 0.1) is 10.2 Å². The molecule has 2 aromatic rings. The Hall–Kier alpha value is -1.23. The summed E-state index contributed by atoms with van der Waals surface area (Å²) in [5, 5.41) is 6.97. The molecule has 0 aliphatic heterocycles. The molecule has 1 aliphatic carbocycles. The Kier molecular flexibility index (Phi) is 2.50. The molecule has 0 spiro atoms. The molecule has 1 aliphatic rings. The zero-order chi connectivity index (χ0) is 12.0. The molecule has 1 heterocycles. The molecule has 17 heavy (non-hydrogen) atoms. The van der Waals surface area contributed by atoms with Crippen molar-refractivity contribution in [2.45, 2.75) is 18.8 Å². The molecule has 1 fully saturated rings. The van der Waals surface area contributed by atoms with Crippen LogP contribution in [0, 0.1) is 11.6 Å². The SMILES string of the molecule is Fc1ccc(F)c(-c2n[nH]c(C3CC3)c2Br)c1. The smallest absolute Gasteiger partial charge is 0.132 e. The van der Waals surface area contributed by atoms with Gasteiger partial charge in [-0.05, 0) is 47.0 Å². The minimum atomic E-state index is -0.471. The summed E-state index contributed by atoms with van der Waals surface area (Å²) >= 11 is 3.40. The molecular formula is C12H9BrF2N2. The molecule has 0 atom stereocenters. The number of aromatic amines is 1. The fourth-order valence-electron chi connectivity index (χ4n) is 1.84. The minimum absolute atomic E-state index is 0.181. The average molecular weight is 299 g/mol. The Labute approximate surface area is 105 Å². The fraction of sp³-hybridized carbons (Fsp3) is 0.250. The Morgan fingerprint density at radius 2 is 2.06 bits per heavy atom. The van der Waals surface area contributed by atoms with E-state index in [2.05, 4.69) is 26.1 Å². The standard InChI is InChI=1S/C12H9BrF2N2/c13-10-11(6-1-2-6)16-17-12(10)8-5-7(14)3-4-9(8)15/h3-6H,1-2H2,(H,16,17). The van der Waals surface area contributed by atoms with Crippen LogP contribution in [-0.2, 0) is 0 Å². The summed E-state index contributed by atoms with van der Waals surface area (Å²) in [5.74, 6) is -0.465. The van der Waals surface area contributed by atoms with Gasteiger partial charge in [-0.3, -0.25) is 5.10 Å². The van der Waals surface area contributed by atoms with E-state index in [4.69, 9.17) is 0 Å². The van der Waals surface area contributed by atoms with Crippen molar-refractivity contribution in [2.24, 2.45) is 0 Å². The van der Waals surface area contributed by atoms with Gasteiger partial charge in [-0.2, -0.15) is 5.10 Å². The largest absolute Gasteiger partial charge is 0.280 e. The molecule has 3 rings (SSSR count). The van der Waals surface area contributed by atoms with E-state index in [1.807, 2.05) is 0 Å². The number of hydrogen-bond donors (Lipinski definition) is 1. The molecule has 0 radical (unpaired) electrons. The molecule has 88 valence electrons. The van der Waals surface area contributed by atoms with E-state index in [0.717, 1.165) is 41.2 Å². The summed E-state index contributed by atoms with van der Waals surface area (Å²) < 4.78 is 27.5. The Morgan fingerprint density at radius 1 is 1.29 bits per heavy atom. The van der Waals surface area contributed by atoms with Gasteiger partial charge >= 0.3 is 0 Å². The Bertz CT molecular complexity index is 576. The summed E-state index contributed by atoms with van der Waals surface area (Å²) in [7, 11) is 0. The average Bonchev–Trinajstić information content (AvgIpc) is 3.07. The van der Waals surface area contributed by atoms with Gasteiger partial charge in [0.1, 0.15) is 17.3 Å². The van der Waals surface area contributed by atoms with Gasteiger partial charge in [0.25, 0.3) is 0 Å². The van der Waals surface area contributed by atoms with Crippen LogP contribution >= 0.6 is 15.9 Å². The lowest BCUT2D eigenvalue weighted by atomic mass is 10.1. The highest BCUT2D eigenvalue weighted by molar-refractivity contribution is 9.10. The van der Waals surface area contributed by atoms with Crippen LogP contribution in [0.25, 0.3) is 11.3 Å². The molecule has 0 bridgehead atoms. The maximum absolute atomic E-state index is 13.6. The van der Waals surface area contributed by atoms with Gasteiger partial charge in [-0.15, -0.1) is 0 Å². The molecule has 0 unspecified atom stereocenters. The monoisotopic (exact) mass is 298 g/mol. The second kappa shape index (κ2) is 3.91. The van der Waals surface area contributed by atoms with Gasteiger partial charge in [0, 0.05) is 11.5 Å². The molecule has 1 N–H and O–H groups in total. The third kappa shape index (κ3) is 1.88. The van der Waals surface area contributed by atoms with Crippen molar-refractivity contribution >= 4 is 15.9 Å². The van der Waals surface area contributed by atoms with Crippen molar-refractivity contribution in [1.29, 1.82) is 0 Å². The minimum Gasteiger partial charge on any atom is -0.280 e. The van der Waals surface area contributed by atoms with Gasteiger partial charge in [-0.25, -0.2) is 8.78 Å². The Morgan fingerprint density at radius 3 is 2.76 bits per heavy atom. The van der Waals surface area contributed by atoms with E-state index in [1.54, 1.807) is 0 Å². The van der Waals surface area contributed by atoms with Crippen molar-refractivity contribution in [3.8, 4) is 11.3 Å². The van der Waals surface area contributed by atoms with Crippen LogP contribution in [0.3, 0.4) is 0 Å². The number of H-pyrrole nitrogens is 1. The van der Waals surface area contributed by atoms with E-state index < -0.39 is 11.6 Å². The van der Waals surface area contributed by atoms with Crippen LogP contribution in [0.4, 0.5) is 8.78 Å². The number of aromatic nitrogens is 2. The Balaban J connectivity index is 2.11. The number of nitrogens with zero attached hydrogens (tertiary/aromatic N) is 1. The molecule has 1 aromatic carbocycles. The lowest BCUT2D eigenvalue weighted by molar-refractivity contribution is 0.602. The molecule has 1 saturated carbocycles. The first-order valence-electron chi connectivity index (χ1n) is 5.36. The third-order valence-electron chi connectivity index (χ3n) is 2.90. The quantitative estimate of drug-likeness (QED) is 0.892. The van der Waals surface area contributed by atoms with Crippen LogP contribution in [0.2, 0.25) is 0 Å². The van der Waals surface area contributed by atoms with Crippen LogP contribution in [-0.4, -0.2) is 10.2 Å². The number of hydrogen-bond acceptors (Lipinski definition) is 1. The first-order chi connectivity index (χ1) is 8.16. The highest BCUT2D eigenvalue weighted by Crippen LogP contribution is 2.44. The normalized spacial score (nSPS) is 15.2. The first-order valence-corrected chi connectivity index (χ1v) is 6.15. The summed E-state index contributed by atoms with van der Waals surface area (Å²) in [6, 6.07) is 3.37. The van der Waals surface area contributed by atoms with Gasteiger partial charge in [-0.1, -0.05) is 0 Å². The summed E-state index contributed by atoms with van der Waals surface area (Å²) in [6.45, 7) is 0. The number of rotatable bonds is 2. The van der Waals surface area contributed by atoms with E-state index in [1.165, 1.54) is 0 Å². The third-order valence-corrected chi connectivity index (χ3v) is 3.70. The van der Waals surface area contributed by atoms with Gasteiger partial charge < -0.3 is 0 Å². The summed E-state index contributed by atoms with van der Waals surface area (Å²) in [4.78, 5) is 0. The molecule has 0 amide bonds. The van der Waals surface area contributed by atoms with E-state index in [9.17, 15) is 8.78 Å². The predicted octanol–water partition coefficient (Wildman–Crippen LogP) is 3.99. The molecule has 0 saturated heterocycles.